The minimum Gasteiger partial charge on any atom is -0.394 e. The molecule has 2 aliphatic carbocycles. The van der Waals surface area contributed by atoms with Crippen molar-refractivity contribution in [2.45, 2.75) is 165 Å². The summed E-state index contributed by atoms with van der Waals surface area (Å²) in [6.45, 7) is 4.48. The van der Waals surface area contributed by atoms with E-state index in [0.717, 1.165) is 32.1 Å². The molecule has 2 heterocycles. The first-order chi connectivity index (χ1) is 24.3. The zero-order chi connectivity index (χ0) is 37.4. The SMILES string of the molecule is CCC1CC(C(=O)NCCN)CC(OC2OC(CO)C(O)C(OC(CC3CCCCC3)C(O)O)C2NC(C)=O)C1OC1O[C@@H](C)C(O)C(O)C1O. The number of ether oxygens (including phenoxy) is 5. The highest BCUT2D eigenvalue weighted by Gasteiger charge is 2.52. The second-order valence-electron chi connectivity index (χ2n) is 14.6. The van der Waals surface area contributed by atoms with Gasteiger partial charge in [0.15, 0.2) is 18.9 Å². The van der Waals surface area contributed by atoms with Crippen molar-refractivity contribution in [2.75, 3.05) is 19.7 Å². The van der Waals surface area contributed by atoms with E-state index in [9.17, 15) is 45.3 Å². The molecule has 4 rings (SSSR count). The predicted molar refractivity (Wildman–Crippen MR) is 178 cm³/mol. The summed E-state index contributed by atoms with van der Waals surface area (Å²) >= 11 is 0. The maximum atomic E-state index is 13.3. The van der Waals surface area contributed by atoms with Gasteiger partial charge in [0.25, 0.3) is 0 Å². The van der Waals surface area contributed by atoms with Gasteiger partial charge in [0, 0.05) is 25.9 Å². The Morgan fingerprint density at radius 3 is 2.24 bits per heavy atom. The molecule has 2 saturated carbocycles. The molecule has 0 aromatic heterocycles. The second kappa shape index (κ2) is 19.7. The van der Waals surface area contributed by atoms with Crippen molar-refractivity contribution in [3.63, 3.8) is 0 Å². The van der Waals surface area contributed by atoms with Crippen LogP contribution in [0.1, 0.15) is 78.6 Å². The van der Waals surface area contributed by atoms with Crippen LogP contribution in [0.3, 0.4) is 0 Å². The van der Waals surface area contributed by atoms with Gasteiger partial charge in [-0.15, -0.1) is 0 Å². The molecule has 17 nitrogen and oxygen atoms in total. The van der Waals surface area contributed by atoms with Gasteiger partial charge >= 0.3 is 0 Å². The highest BCUT2D eigenvalue weighted by molar-refractivity contribution is 5.78. The summed E-state index contributed by atoms with van der Waals surface area (Å²) in [6.07, 6.45) is -11.1. The highest BCUT2D eigenvalue weighted by Crippen LogP contribution is 2.40. The number of carbonyl (C=O) groups excluding carboxylic acids is 2. The molecule has 0 radical (unpaired) electrons. The van der Waals surface area contributed by atoms with Gasteiger partial charge in [-0.1, -0.05) is 45.4 Å². The molecule has 0 spiro atoms. The molecule has 14 unspecified atom stereocenters. The molecular weight excluding hydrogens is 674 g/mol. The monoisotopic (exact) mass is 735 g/mol. The Labute approximate surface area is 299 Å². The molecule has 2 saturated heterocycles. The predicted octanol–water partition coefficient (Wildman–Crippen LogP) is -2.29. The first-order valence-electron chi connectivity index (χ1n) is 18.5. The second-order valence-corrected chi connectivity index (χ2v) is 14.6. The number of aliphatic hydroxyl groups is 7. The maximum absolute atomic E-state index is 13.3. The standard InChI is InChI=1S/C34H61N3O14/c1-4-19-13-20(31(44)36-11-10-35)14-21(29(19)51-34-28(43)27(42)25(40)16(2)47-34)49-33-24(37-17(3)39)30(26(41)23(15-38)50-33)48-22(32(45)46)12-18-8-6-5-7-9-18/h16,18-30,32-34,38,40-43,45-46H,4-15,35H2,1-3H3,(H,36,44)(H,37,39)/t16-,19?,20?,21?,22?,23?,24?,25?,26?,27?,28?,29?,30?,33?,34?/m0/s1. The van der Waals surface area contributed by atoms with Crippen LogP contribution in [0.4, 0.5) is 0 Å². The molecular formula is C34H61N3O14. The summed E-state index contributed by atoms with van der Waals surface area (Å²) in [5.74, 6) is -1.56. The Hall–Kier alpha value is -1.58. The van der Waals surface area contributed by atoms with Crippen LogP contribution in [0.5, 0.6) is 0 Å². The van der Waals surface area contributed by atoms with E-state index in [-0.39, 0.29) is 37.3 Å². The Kier molecular flexibility index (Phi) is 16.3. The third kappa shape index (κ3) is 10.8. The number of nitrogens with one attached hydrogen (secondary N) is 2. The van der Waals surface area contributed by atoms with Crippen LogP contribution in [0.15, 0.2) is 0 Å². The molecule has 11 N–H and O–H groups in total. The van der Waals surface area contributed by atoms with Crippen molar-refractivity contribution in [1.82, 2.24) is 10.6 Å². The molecule has 0 aromatic carbocycles. The van der Waals surface area contributed by atoms with Gasteiger partial charge in [0.1, 0.15) is 48.8 Å². The van der Waals surface area contributed by atoms with Crippen LogP contribution >= 0.6 is 0 Å². The molecule has 15 atom stereocenters. The zero-order valence-corrected chi connectivity index (χ0v) is 29.9. The molecule has 2 aliphatic heterocycles. The number of amides is 2. The lowest BCUT2D eigenvalue weighted by Gasteiger charge is -2.49. The van der Waals surface area contributed by atoms with Gasteiger partial charge in [-0.2, -0.15) is 0 Å². The summed E-state index contributed by atoms with van der Waals surface area (Å²) in [5.41, 5.74) is 5.62. The highest BCUT2D eigenvalue weighted by atomic mass is 16.7. The van der Waals surface area contributed by atoms with Gasteiger partial charge in [-0.05, 0) is 38.0 Å². The van der Waals surface area contributed by atoms with Gasteiger partial charge in [0.05, 0.1) is 24.9 Å². The number of aliphatic hydroxyl groups excluding tert-OH is 6. The number of nitrogens with two attached hydrogens (primary N) is 1. The average molecular weight is 736 g/mol. The summed E-state index contributed by atoms with van der Waals surface area (Å²) in [4.78, 5) is 25.9. The Balaban J connectivity index is 1.66. The van der Waals surface area contributed by atoms with Crippen LogP contribution in [0, 0.1) is 17.8 Å². The van der Waals surface area contributed by atoms with Crippen LogP contribution in [-0.4, -0.2) is 153 Å². The summed E-state index contributed by atoms with van der Waals surface area (Å²) < 4.78 is 31.0. The normalized spacial score (nSPS) is 40.2. The van der Waals surface area contributed by atoms with Crippen molar-refractivity contribution >= 4 is 11.8 Å². The first kappa shape index (κ1) is 42.2. The number of carbonyl (C=O) groups is 2. The quantitative estimate of drug-likeness (QED) is 0.0794. The largest absolute Gasteiger partial charge is 0.394 e. The maximum Gasteiger partial charge on any atom is 0.223 e. The molecule has 296 valence electrons. The van der Waals surface area contributed by atoms with Gasteiger partial charge < -0.3 is 75.8 Å². The van der Waals surface area contributed by atoms with E-state index >= 15 is 0 Å². The van der Waals surface area contributed by atoms with E-state index in [1.54, 1.807) is 0 Å². The molecule has 4 aliphatic rings. The molecule has 4 fully saturated rings. The minimum absolute atomic E-state index is 0.0747. The fraction of sp³-hybridized carbons (Fsp3) is 0.941. The lowest BCUT2D eigenvalue weighted by Crippen LogP contribution is -2.67. The van der Waals surface area contributed by atoms with Gasteiger partial charge in [-0.25, -0.2) is 0 Å². The first-order valence-corrected chi connectivity index (χ1v) is 18.5. The third-order valence-corrected chi connectivity index (χ3v) is 10.9. The smallest absolute Gasteiger partial charge is 0.223 e. The summed E-state index contributed by atoms with van der Waals surface area (Å²) in [6, 6.07) is -1.23. The molecule has 0 aromatic rings. The summed E-state index contributed by atoms with van der Waals surface area (Å²) in [7, 11) is 0. The van der Waals surface area contributed by atoms with Crippen LogP contribution < -0.4 is 16.4 Å². The third-order valence-electron chi connectivity index (χ3n) is 10.9. The van der Waals surface area contributed by atoms with Crippen LogP contribution in [0.2, 0.25) is 0 Å². The fourth-order valence-corrected chi connectivity index (χ4v) is 7.99. The van der Waals surface area contributed by atoms with E-state index in [1.165, 1.54) is 13.8 Å². The molecule has 2 amide bonds. The zero-order valence-electron chi connectivity index (χ0n) is 29.9. The Morgan fingerprint density at radius 1 is 0.922 bits per heavy atom. The Morgan fingerprint density at radius 2 is 1.63 bits per heavy atom. The Bertz CT molecular complexity index is 1080. The van der Waals surface area contributed by atoms with E-state index < -0.39 is 104 Å². The van der Waals surface area contributed by atoms with Crippen molar-refractivity contribution in [1.29, 1.82) is 0 Å². The van der Waals surface area contributed by atoms with E-state index in [1.807, 2.05) is 6.92 Å². The van der Waals surface area contributed by atoms with Gasteiger partial charge in [0.2, 0.25) is 11.8 Å². The lowest BCUT2D eigenvalue weighted by atomic mass is 9.75. The minimum atomic E-state index is -1.90. The summed E-state index contributed by atoms with van der Waals surface area (Å²) in [5, 5.41) is 79.5. The van der Waals surface area contributed by atoms with Gasteiger partial charge in [-0.3, -0.25) is 9.59 Å². The number of rotatable bonds is 15. The van der Waals surface area contributed by atoms with Crippen LogP contribution in [0.25, 0.3) is 0 Å². The van der Waals surface area contributed by atoms with Crippen LogP contribution in [-0.2, 0) is 33.3 Å². The average Bonchev–Trinajstić information content (AvgIpc) is 3.11. The van der Waals surface area contributed by atoms with E-state index in [2.05, 4.69) is 10.6 Å². The van der Waals surface area contributed by atoms with Crippen molar-refractivity contribution in [3.05, 3.63) is 0 Å². The van der Waals surface area contributed by atoms with E-state index in [4.69, 9.17) is 29.4 Å². The van der Waals surface area contributed by atoms with Crippen molar-refractivity contribution in [3.8, 4) is 0 Å². The number of hydrogen-bond donors (Lipinski definition) is 10. The molecule has 51 heavy (non-hydrogen) atoms. The molecule has 0 bridgehead atoms. The number of hydrogen-bond acceptors (Lipinski definition) is 15. The van der Waals surface area contributed by atoms with Crippen molar-refractivity contribution in [2.24, 2.45) is 23.5 Å². The fourth-order valence-electron chi connectivity index (χ4n) is 7.99. The van der Waals surface area contributed by atoms with Crippen molar-refractivity contribution < 1.29 is 69.0 Å². The lowest BCUT2D eigenvalue weighted by molar-refractivity contribution is -0.340. The van der Waals surface area contributed by atoms with E-state index in [0.29, 0.717) is 19.3 Å². The topological polar surface area (TPSA) is 272 Å². The molecule has 17 heteroatoms.